The summed E-state index contributed by atoms with van der Waals surface area (Å²) in [5.41, 5.74) is 1.05. The summed E-state index contributed by atoms with van der Waals surface area (Å²) >= 11 is 0. The highest BCUT2D eigenvalue weighted by molar-refractivity contribution is 14.0. The summed E-state index contributed by atoms with van der Waals surface area (Å²) in [5, 5.41) is 6.39. The van der Waals surface area contributed by atoms with Gasteiger partial charge < -0.3 is 24.8 Å². The molecule has 1 aliphatic carbocycles. The molecule has 8 nitrogen and oxygen atoms in total. The molecular weight excluding hydrogens is 531 g/mol. The van der Waals surface area contributed by atoms with E-state index in [2.05, 4.69) is 38.9 Å². The molecule has 1 aliphatic heterocycles. The number of ether oxygens (including phenoxy) is 1. The Hall–Kier alpha value is -2.30. The molecule has 2 fully saturated rings. The van der Waals surface area contributed by atoms with Crippen molar-refractivity contribution >= 4 is 35.8 Å². The molecule has 4 rings (SSSR count). The van der Waals surface area contributed by atoms with E-state index in [1.54, 1.807) is 0 Å². The molecule has 1 aromatic heterocycles. The molecule has 2 atom stereocenters. The number of nitrogens with one attached hydrogen (secondary N) is 2. The number of carbonyl (C=O) groups excluding carboxylic acids is 1. The summed E-state index contributed by atoms with van der Waals surface area (Å²) in [4.78, 5) is 23.3. The van der Waals surface area contributed by atoms with Gasteiger partial charge in [0.25, 0.3) is 5.91 Å². The number of carbonyl (C=O) groups is 1. The highest BCUT2D eigenvalue weighted by Crippen LogP contribution is 2.27. The van der Waals surface area contributed by atoms with Crippen LogP contribution in [0.4, 0.5) is 0 Å². The smallest absolute Gasteiger partial charge is 0.258 e. The fourth-order valence-electron chi connectivity index (χ4n) is 4.07. The van der Waals surface area contributed by atoms with Crippen LogP contribution in [-0.2, 0) is 11.3 Å². The molecule has 1 aromatic carbocycles. The lowest BCUT2D eigenvalue weighted by atomic mass is 9.93. The zero-order valence-corrected chi connectivity index (χ0v) is 21.8. The van der Waals surface area contributed by atoms with Gasteiger partial charge in [-0.25, -0.2) is 9.98 Å². The molecule has 0 bridgehead atoms. The van der Waals surface area contributed by atoms with Gasteiger partial charge in [-0.05, 0) is 49.8 Å². The first-order valence-electron chi connectivity index (χ1n) is 11.6. The van der Waals surface area contributed by atoms with Gasteiger partial charge in [0, 0.05) is 38.1 Å². The van der Waals surface area contributed by atoms with Crippen LogP contribution in [-0.4, -0.2) is 58.6 Å². The third-order valence-electron chi connectivity index (χ3n) is 6.08. The number of aliphatic imine (C=N–C) groups is 1. The van der Waals surface area contributed by atoms with E-state index < -0.39 is 0 Å². The molecule has 2 N–H and O–H groups in total. The fourth-order valence-corrected chi connectivity index (χ4v) is 4.07. The van der Waals surface area contributed by atoms with E-state index in [9.17, 15) is 4.79 Å². The van der Waals surface area contributed by atoms with E-state index in [1.807, 2.05) is 43.0 Å². The average Bonchev–Trinajstić information content (AvgIpc) is 3.44. The lowest BCUT2D eigenvalue weighted by Gasteiger charge is -2.39. The van der Waals surface area contributed by atoms with Crippen LogP contribution >= 0.6 is 24.0 Å². The summed E-state index contributed by atoms with van der Waals surface area (Å²) in [5.74, 6) is 2.16. The van der Waals surface area contributed by atoms with Gasteiger partial charge in [0.1, 0.15) is 5.75 Å². The second-order valence-corrected chi connectivity index (χ2v) is 8.74. The standard InChI is InChI=1S/C24H34N6O2.HI/c1-3-26-24(29-11-9-18(2)22(15-29)30-12-10-25-17-30)27-14-19-5-4-6-21(13-19)32-16-23(31)28-20-7-8-20;/h4-6,10,12-13,17-18,20,22H,3,7-9,11,14-16H2,1-2H3,(H,26,27)(H,28,31);1H. The van der Waals surface area contributed by atoms with Crippen molar-refractivity contribution in [2.24, 2.45) is 10.9 Å². The Balaban J connectivity index is 0.00000306. The van der Waals surface area contributed by atoms with Crippen molar-refractivity contribution in [2.75, 3.05) is 26.2 Å². The maximum atomic E-state index is 11.9. The van der Waals surface area contributed by atoms with Crippen molar-refractivity contribution in [2.45, 2.75) is 51.7 Å². The van der Waals surface area contributed by atoms with E-state index in [0.717, 1.165) is 50.4 Å². The van der Waals surface area contributed by atoms with Crippen molar-refractivity contribution in [3.63, 3.8) is 0 Å². The summed E-state index contributed by atoms with van der Waals surface area (Å²) in [6.45, 7) is 7.71. The Labute approximate surface area is 213 Å². The molecule has 0 radical (unpaired) electrons. The first-order valence-corrected chi connectivity index (χ1v) is 11.6. The first-order chi connectivity index (χ1) is 15.6. The van der Waals surface area contributed by atoms with Crippen molar-refractivity contribution in [3.05, 3.63) is 48.5 Å². The molecule has 180 valence electrons. The van der Waals surface area contributed by atoms with E-state index in [4.69, 9.17) is 9.73 Å². The number of imidazole rings is 1. The SMILES string of the molecule is CCNC(=NCc1cccc(OCC(=O)NC2CC2)c1)N1CCC(C)C(n2ccnc2)C1.I. The molecule has 2 aromatic rings. The number of guanidine groups is 1. The summed E-state index contributed by atoms with van der Waals surface area (Å²) in [6.07, 6.45) is 9.06. The summed E-state index contributed by atoms with van der Waals surface area (Å²) in [6, 6.07) is 8.56. The number of nitrogens with zero attached hydrogens (tertiary/aromatic N) is 4. The van der Waals surface area contributed by atoms with Crippen LogP contribution in [0, 0.1) is 5.92 Å². The average molecular weight is 566 g/mol. The normalized spacial score (nSPS) is 20.7. The lowest BCUT2D eigenvalue weighted by Crippen LogP contribution is -2.49. The molecule has 2 heterocycles. The minimum atomic E-state index is -0.0582. The summed E-state index contributed by atoms with van der Waals surface area (Å²) < 4.78 is 7.89. The number of benzene rings is 1. The quantitative estimate of drug-likeness (QED) is 0.292. The van der Waals surface area contributed by atoms with Gasteiger partial charge >= 0.3 is 0 Å². The Morgan fingerprint density at radius 2 is 2.15 bits per heavy atom. The number of rotatable bonds is 8. The van der Waals surface area contributed by atoms with Gasteiger partial charge in [-0.2, -0.15) is 0 Å². The van der Waals surface area contributed by atoms with Gasteiger partial charge in [0.2, 0.25) is 0 Å². The molecule has 0 spiro atoms. The number of piperidine rings is 1. The van der Waals surface area contributed by atoms with Crippen molar-refractivity contribution in [1.29, 1.82) is 0 Å². The van der Waals surface area contributed by atoms with Crippen molar-refractivity contribution in [1.82, 2.24) is 25.1 Å². The second kappa shape index (κ2) is 12.2. The molecule has 1 saturated carbocycles. The van der Waals surface area contributed by atoms with Crippen LogP contribution in [0.15, 0.2) is 48.0 Å². The monoisotopic (exact) mass is 566 g/mol. The largest absolute Gasteiger partial charge is 0.484 e. The Bertz CT molecular complexity index is 915. The van der Waals surface area contributed by atoms with E-state index in [1.165, 1.54) is 0 Å². The zero-order chi connectivity index (χ0) is 22.3. The van der Waals surface area contributed by atoms with Gasteiger partial charge in [0.05, 0.1) is 18.9 Å². The van der Waals surface area contributed by atoms with Crippen LogP contribution < -0.4 is 15.4 Å². The molecule has 1 amide bonds. The van der Waals surface area contributed by atoms with E-state index >= 15 is 0 Å². The Kier molecular flexibility index (Phi) is 9.40. The van der Waals surface area contributed by atoms with Crippen molar-refractivity contribution in [3.8, 4) is 5.75 Å². The maximum Gasteiger partial charge on any atom is 0.258 e. The zero-order valence-electron chi connectivity index (χ0n) is 19.4. The summed E-state index contributed by atoms with van der Waals surface area (Å²) in [7, 11) is 0. The minimum Gasteiger partial charge on any atom is -0.484 e. The molecular formula is C24H35IN6O2. The third kappa shape index (κ3) is 7.35. The Morgan fingerprint density at radius 1 is 1.30 bits per heavy atom. The number of amides is 1. The molecule has 1 saturated heterocycles. The Morgan fingerprint density at radius 3 is 2.88 bits per heavy atom. The number of halogens is 1. The minimum absolute atomic E-state index is 0. The van der Waals surface area contributed by atoms with Crippen LogP contribution in [0.5, 0.6) is 5.75 Å². The van der Waals surface area contributed by atoms with Crippen LogP contribution in [0.2, 0.25) is 0 Å². The lowest BCUT2D eigenvalue weighted by molar-refractivity contribution is -0.123. The van der Waals surface area contributed by atoms with E-state index in [-0.39, 0.29) is 36.5 Å². The van der Waals surface area contributed by atoms with Gasteiger partial charge in [-0.15, -0.1) is 24.0 Å². The van der Waals surface area contributed by atoms with Gasteiger partial charge in [0.15, 0.2) is 12.6 Å². The maximum absolute atomic E-state index is 11.9. The van der Waals surface area contributed by atoms with Crippen LogP contribution in [0.1, 0.15) is 44.7 Å². The fraction of sp³-hybridized carbons (Fsp3) is 0.542. The number of hydrogen-bond acceptors (Lipinski definition) is 4. The van der Waals surface area contributed by atoms with Crippen molar-refractivity contribution < 1.29 is 9.53 Å². The predicted octanol–water partition coefficient (Wildman–Crippen LogP) is 3.21. The molecule has 2 unspecified atom stereocenters. The number of aromatic nitrogens is 2. The second-order valence-electron chi connectivity index (χ2n) is 8.74. The highest BCUT2D eigenvalue weighted by Gasteiger charge is 2.29. The van der Waals surface area contributed by atoms with Crippen LogP contribution in [0.3, 0.4) is 0 Å². The highest BCUT2D eigenvalue weighted by atomic mass is 127. The van der Waals surface area contributed by atoms with Crippen LogP contribution in [0.25, 0.3) is 0 Å². The predicted molar refractivity (Wildman–Crippen MR) is 140 cm³/mol. The molecule has 2 aliphatic rings. The van der Waals surface area contributed by atoms with E-state index in [0.29, 0.717) is 30.3 Å². The molecule has 33 heavy (non-hydrogen) atoms. The molecule has 9 heteroatoms. The topological polar surface area (TPSA) is 83.8 Å². The van der Waals surface area contributed by atoms with Gasteiger partial charge in [-0.3, -0.25) is 4.79 Å². The van der Waals surface area contributed by atoms with Gasteiger partial charge in [-0.1, -0.05) is 19.1 Å². The number of hydrogen-bond donors (Lipinski definition) is 2. The third-order valence-corrected chi connectivity index (χ3v) is 6.08. The number of likely N-dealkylation sites (tertiary alicyclic amines) is 1. The first kappa shape index (κ1) is 25.3.